The Kier molecular flexibility index (Phi) is 6.52. The monoisotopic (exact) mass is 281 g/mol. The molecule has 0 saturated heterocycles. The highest BCUT2D eigenvalue weighted by Crippen LogP contribution is 2.18. The fourth-order valence-corrected chi connectivity index (χ4v) is 1.74. The summed E-state index contributed by atoms with van der Waals surface area (Å²) in [6.45, 7) is 0.415. The van der Waals surface area contributed by atoms with Crippen molar-refractivity contribution < 1.29 is 24.2 Å². The molecule has 0 aliphatic rings. The first-order valence-electron chi connectivity index (χ1n) is 6.25. The van der Waals surface area contributed by atoms with Gasteiger partial charge in [0.05, 0.1) is 14.2 Å². The Morgan fingerprint density at radius 3 is 2.40 bits per heavy atom. The van der Waals surface area contributed by atoms with Crippen LogP contribution in [0.15, 0.2) is 24.3 Å². The maximum atomic E-state index is 11.8. The summed E-state index contributed by atoms with van der Waals surface area (Å²) >= 11 is 0. The van der Waals surface area contributed by atoms with Crippen LogP contribution in [0.3, 0.4) is 0 Å². The molecule has 1 rings (SSSR count). The van der Waals surface area contributed by atoms with E-state index in [1.165, 1.54) is 7.11 Å². The smallest absolute Gasteiger partial charge is 0.327 e. The van der Waals surface area contributed by atoms with Crippen molar-refractivity contribution in [2.75, 3.05) is 20.8 Å². The summed E-state index contributed by atoms with van der Waals surface area (Å²) in [6, 6.07) is 6.43. The molecule has 0 amide bonds. The molecular weight excluding hydrogens is 262 g/mol. The van der Waals surface area contributed by atoms with Crippen molar-refractivity contribution in [3.05, 3.63) is 29.8 Å². The standard InChI is InChI=1S/C14H19NO5/c1-19-11-7-5-10(6-8-11)13(14(18)20-2)15-9-3-4-12(16)17/h5-8,13,15H,3-4,9H2,1-2H3,(H,16,17). The summed E-state index contributed by atoms with van der Waals surface area (Å²) in [5, 5.41) is 11.6. The molecule has 0 radical (unpaired) electrons. The van der Waals surface area contributed by atoms with E-state index >= 15 is 0 Å². The van der Waals surface area contributed by atoms with Crippen LogP contribution >= 0.6 is 0 Å². The first kappa shape index (κ1) is 16.0. The summed E-state index contributed by atoms with van der Waals surface area (Å²) < 4.78 is 9.81. The summed E-state index contributed by atoms with van der Waals surface area (Å²) in [6.07, 6.45) is 0.502. The van der Waals surface area contributed by atoms with E-state index in [1.807, 2.05) is 0 Å². The van der Waals surface area contributed by atoms with Gasteiger partial charge in [-0.15, -0.1) is 0 Å². The van der Waals surface area contributed by atoms with Crippen LogP contribution in [0.25, 0.3) is 0 Å². The molecule has 1 atom stereocenters. The predicted molar refractivity (Wildman–Crippen MR) is 72.6 cm³/mol. The van der Waals surface area contributed by atoms with Gasteiger partial charge < -0.3 is 19.9 Å². The Labute approximate surface area is 117 Å². The Hall–Kier alpha value is -2.08. The van der Waals surface area contributed by atoms with E-state index in [2.05, 4.69) is 5.32 Å². The molecule has 6 heteroatoms. The van der Waals surface area contributed by atoms with Gasteiger partial charge in [0, 0.05) is 6.42 Å². The number of carbonyl (C=O) groups is 2. The molecule has 0 heterocycles. The first-order chi connectivity index (χ1) is 9.58. The number of ether oxygens (including phenoxy) is 2. The molecule has 0 saturated carbocycles. The lowest BCUT2D eigenvalue weighted by Gasteiger charge is -2.17. The number of aliphatic carboxylic acids is 1. The highest BCUT2D eigenvalue weighted by Gasteiger charge is 2.20. The Bertz CT molecular complexity index is 443. The van der Waals surface area contributed by atoms with Gasteiger partial charge in [-0.05, 0) is 30.7 Å². The molecule has 1 unspecified atom stereocenters. The van der Waals surface area contributed by atoms with Crippen molar-refractivity contribution >= 4 is 11.9 Å². The summed E-state index contributed by atoms with van der Waals surface area (Å²) in [4.78, 5) is 22.2. The highest BCUT2D eigenvalue weighted by atomic mass is 16.5. The van der Waals surface area contributed by atoms with E-state index in [9.17, 15) is 9.59 Å². The number of carbonyl (C=O) groups excluding carboxylic acids is 1. The zero-order valence-electron chi connectivity index (χ0n) is 11.6. The van der Waals surface area contributed by atoms with Crippen LogP contribution in [0.2, 0.25) is 0 Å². The van der Waals surface area contributed by atoms with E-state index in [1.54, 1.807) is 31.4 Å². The van der Waals surface area contributed by atoms with Crippen molar-refractivity contribution in [3.63, 3.8) is 0 Å². The molecule has 1 aromatic carbocycles. The number of methoxy groups -OCH3 is 2. The van der Waals surface area contributed by atoms with E-state index in [4.69, 9.17) is 14.6 Å². The minimum Gasteiger partial charge on any atom is -0.497 e. The minimum absolute atomic E-state index is 0.0590. The normalized spacial score (nSPS) is 11.7. The lowest BCUT2D eigenvalue weighted by molar-refractivity contribution is -0.143. The Balaban J connectivity index is 2.67. The molecule has 0 aliphatic carbocycles. The van der Waals surface area contributed by atoms with Crippen LogP contribution in [-0.4, -0.2) is 37.8 Å². The molecule has 0 spiro atoms. The largest absolute Gasteiger partial charge is 0.497 e. The number of hydrogen-bond donors (Lipinski definition) is 2. The molecule has 0 bridgehead atoms. The van der Waals surface area contributed by atoms with Gasteiger partial charge in [-0.2, -0.15) is 0 Å². The average Bonchev–Trinajstić information content (AvgIpc) is 2.46. The van der Waals surface area contributed by atoms with Crippen LogP contribution < -0.4 is 10.1 Å². The summed E-state index contributed by atoms with van der Waals surface area (Å²) in [5.41, 5.74) is 0.743. The Morgan fingerprint density at radius 1 is 1.25 bits per heavy atom. The number of esters is 1. The summed E-state index contributed by atoms with van der Waals surface area (Å²) in [5.74, 6) is -0.570. The van der Waals surface area contributed by atoms with E-state index in [-0.39, 0.29) is 6.42 Å². The van der Waals surface area contributed by atoms with Crippen molar-refractivity contribution in [1.82, 2.24) is 5.32 Å². The van der Waals surface area contributed by atoms with Gasteiger partial charge in [-0.3, -0.25) is 4.79 Å². The second-order valence-corrected chi connectivity index (χ2v) is 4.18. The van der Waals surface area contributed by atoms with Gasteiger partial charge in [0.2, 0.25) is 0 Å². The number of carboxylic acid groups (broad SMARTS) is 1. The van der Waals surface area contributed by atoms with Crippen LogP contribution in [-0.2, 0) is 14.3 Å². The molecule has 20 heavy (non-hydrogen) atoms. The van der Waals surface area contributed by atoms with Gasteiger partial charge in [0.25, 0.3) is 0 Å². The molecule has 2 N–H and O–H groups in total. The SMILES string of the molecule is COC(=O)C(NCCCC(=O)O)c1ccc(OC)cc1. The van der Waals surface area contributed by atoms with E-state index < -0.39 is 18.0 Å². The number of hydrogen-bond acceptors (Lipinski definition) is 5. The fourth-order valence-electron chi connectivity index (χ4n) is 1.74. The first-order valence-corrected chi connectivity index (χ1v) is 6.25. The number of nitrogens with one attached hydrogen (secondary N) is 1. The number of rotatable bonds is 8. The lowest BCUT2D eigenvalue weighted by Crippen LogP contribution is -2.30. The van der Waals surface area contributed by atoms with Gasteiger partial charge in [0.15, 0.2) is 0 Å². The quantitative estimate of drug-likeness (QED) is 0.553. The second kappa shape index (κ2) is 8.16. The van der Waals surface area contributed by atoms with Gasteiger partial charge in [0.1, 0.15) is 11.8 Å². The maximum Gasteiger partial charge on any atom is 0.327 e. The van der Waals surface area contributed by atoms with Crippen molar-refractivity contribution in [3.8, 4) is 5.75 Å². The van der Waals surface area contributed by atoms with Crippen LogP contribution in [0.1, 0.15) is 24.4 Å². The van der Waals surface area contributed by atoms with Crippen molar-refractivity contribution in [1.29, 1.82) is 0 Å². The molecular formula is C14H19NO5. The molecule has 110 valence electrons. The van der Waals surface area contributed by atoms with Crippen molar-refractivity contribution in [2.24, 2.45) is 0 Å². The molecule has 0 aliphatic heterocycles. The van der Waals surface area contributed by atoms with Crippen molar-refractivity contribution in [2.45, 2.75) is 18.9 Å². The molecule has 0 aromatic heterocycles. The second-order valence-electron chi connectivity index (χ2n) is 4.18. The topological polar surface area (TPSA) is 84.9 Å². The molecule has 0 fully saturated rings. The van der Waals surface area contributed by atoms with Gasteiger partial charge >= 0.3 is 11.9 Å². The minimum atomic E-state index is -0.856. The van der Waals surface area contributed by atoms with Crippen LogP contribution in [0.5, 0.6) is 5.75 Å². The third-order valence-corrected chi connectivity index (χ3v) is 2.80. The molecule has 6 nitrogen and oxygen atoms in total. The Morgan fingerprint density at radius 2 is 1.90 bits per heavy atom. The fraction of sp³-hybridized carbons (Fsp3) is 0.429. The van der Waals surface area contributed by atoms with E-state index in [0.29, 0.717) is 18.7 Å². The van der Waals surface area contributed by atoms with Crippen LogP contribution in [0.4, 0.5) is 0 Å². The summed E-state index contributed by atoms with van der Waals surface area (Å²) in [7, 11) is 2.88. The number of benzene rings is 1. The zero-order chi connectivity index (χ0) is 15.0. The molecule has 1 aromatic rings. The maximum absolute atomic E-state index is 11.8. The zero-order valence-corrected chi connectivity index (χ0v) is 11.6. The number of carboxylic acids is 1. The van der Waals surface area contributed by atoms with E-state index in [0.717, 1.165) is 5.56 Å². The highest BCUT2D eigenvalue weighted by molar-refractivity contribution is 5.77. The lowest BCUT2D eigenvalue weighted by atomic mass is 10.1. The third-order valence-electron chi connectivity index (χ3n) is 2.80. The third kappa shape index (κ3) is 4.89. The predicted octanol–water partition coefficient (Wildman–Crippen LogP) is 1.36. The van der Waals surface area contributed by atoms with Gasteiger partial charge in [-0.1, -0.05) is 12.1 Å². The van der Waals surface area contributed by atoms with Gasteiger partial charge in [-0.25, -0.2) is 4.79 Å². The van der Waals surface area contributed by atoms with Crippen LogP contribution in [0, 0.1) is 0 Å². The average molecular weight is 281 g/mol.